The molecule has 1 saturated carbocycles. The van der Waals surface area contributed by atoms with Crippen molar-refractivity contribution in [2.24, 2.45) is 5.92 Å². The molecule has 0 saturated heterocycles. The first kappa shape index (κ1) is 13.7. The van der Waals surface area contributed by atoms with Gasteiger partial charge in [-0.1, -0.05) is 26.2 Å². The summed E-state index contributed by atoms with van der Waals surface area (Å²) in [6.45, 7) is 6.76. The van der Waals surface area contributed by atoms with Crippen molar-refractivity contribution < 1.29 is 0 Å². The van der Waals surface area contributed by atoms with Gasteiger partial charge in [-0.2, -0.15) is 0 Å². The Labute approximate surface area is 112 Å². The molecule has 1 aromatic heterocycles. The van der Waals surface area contributed by atoms with Crippen LogP contribution in [0.5, 0.6) is 0 Å². The van der Waals surface area contributed by atoms with Gasteiger partial charge in [-0.15, -0.1) is 0 Å². The number of hydrogen-bond donors (Lipinski definition) is 1. The quantitative estimate of drug-likeness (QED) is 0.806. The van der Waals surface area contributed by atoms with Crippen LogP contribution in [-0.2, 0) is 13.1 Å². The topological polar surface area (TPSA) is 17.0 Å². The van der Waals surface area contributed by atoms with Crippen molar-refractivity contribution in [2.75, 3.05) is 0 Å². The molecule has 0 bridgehead atoms. The Morgan fingerprint density at radius 2 is 2.11 bits per heavy atom. The van der Waals surface area contributed by atoms with E-state index in [1.54, 1.807) is 0 Å². The first-order valence-corrected chi connectivity index (χ1v) is 7.68. The predicted molar refractivity (Wildman–Crippen MR) is 77.6 cm³/mol. The van der Waals surface area contributed by atoms with Crippen LogP contribution < -0.4 is 5.32 Å². The van der Waals surface area contributed by atoms with Crippen LogP contribution in [-0.4, -0.2) is 10.6 Å². The van der Waals surface area contributed by atoms with Crippen LogP contribution in [0.1, 0.15) is 58.1 Å². The second-order valence-electron chi connectivity index (χ2n) is 5.76. The van der Waals surface area contributed by atoms with Crippen molar-refractivity contribution >= 4 is 0 Å². The van der Waals surface area contributed by atoms with Crippen LogP contribution in [0.25, 0.3) is 0 Å². The van der Waals surface area contributed by atoms with Crippen molar-refractivity contribution in [1.29, 1.82) is 0 Å². The van der Waals surface area contributed by atoms with E-state index < -0.39 is 0 Å². The fourth-order valence-electron chi connectivity index (χ4n) is 3.14. The molecule has 0 aliphatic heterocycles. The van der Waals surface area contributed by atoms with Crippen molar-refractivity contribution in [3.8, 4) is 0 Å². The number of aryl methyl sites for hydroxylation is 1. The molecule has 1 unspecified atom stereocenters. The predicted octanol–water partition coefficient (Wildman–Crippen LogP) is 3.96. The van der Waals surface area contributed by atoms with Gasteiger partial charge in [-0.3, -0.25) is 0 Å². The van der Waals surface area contributed by atoms with E-state index in [4.69, 9.17) is 0 Å². The van der Waals surface area contributed by atoms with Gasteiger partial charge in [-0.25, -0.2) is 0 Å². The molecule has 1 aromatic rings. The standard InChI is InChI=1S/C16H28N2/c1-3-11-18-12-7-10-16(18)13-17-14(2)15-8-5-4-6-9-15/h7,10,12,14-15,17H,3-6,8-9,11,13H2,1-2H3. The van der Waals surface area contributed by atoms with Gasteiger partial charge in [0.2, 0.25) is 0 Å². The van der Waals surface area contributed by atoms with Gasteiger partial charge in [0.15, 0.2) is 0 Å². The molecular weight excluding hydrogens is 220 g/mol. The maximum atomic E-state index is 3.73. The molecule has 1 atom stereocenters. The molecule has 102 valence electrons. The van der Waals surface area contributed by atoms with Gasteiger partial charge < -0.3 is 9.88 Å². The first-order chi connectivity index (χ1) is 8.81. The Balaban J connectivity index is 1.80. The third-order valence-corrected chi connectivity index (χ3v) is 4.35. The summed E-state index contributed by atoms with van der Waals surface area (Å²) in [4.78, 5) is 0. The highest BCUT2D eigenvalue weighted by atomic mass is 15.0. The van der Waals surface area contributed by atoms with Gasteiger partial charge in [0.25, 0.3) is 0 Å². The Bertz CT molecular complexity index is 337. The third-order valence-electron chi connectivity index (χ3n) is 4.35. The van der Waals surface area contributed by atoms with Crippen molar-refractivity contribution in [1.82, 2.24) is 9.88 Å². The fourth-order valence-corrected chi connectivity index (χ4v) is 3.14. The largest absolute Gasteiger partial charge is 0.350 e. The second kappa shape index (κ2) is 6.98. The molecule has 1 heterocycles. The number of nitrogens with one attached hydrogen (secondary N) is 1. The average Bonchev–Trinajstić information content (AvgIpc) is 2.85. The molecule has 0 aromatic carbocycles. The van der Waals surface area contributed by atoms with Gasteiger partial charge in [0, 0.05) is 31.0 Å². The minimum atomic E-state index is 0.662. The summed E-state index contributed by atoms with van der Waals surface area (Å²) in [5.41, 5.74) is 1.43. The number of aromatic nitrogens is 1. The Morgan fingerprint density at radius 1 is 1.33 bits per heavy atom. The SMILES string of the molecule is CCCn1cccc1CNC(C)C1CCCCC1. The molecule has 0 amide bonds. The lowest BCUT2D eigenvalue weighted by molar-refractivity contribution is 0.279. The number of nitrogens with zero attached hydrogens (tertiary/aromatic N) is 1. The summed E-state index contributed by atoms with van der Waals surface area (Å²) in [7, 11) is 0. The van der Waals surface area contributed by atoms with E-state index >= 15 is 0 Å². The van der Waals surface area contributed by atoms with Crippen molar-refractivity contribution in [2.45, 2.75) is 71.5 Å². The minimum Gasteiger partial charge on any atom is -0.350 e. The summed E-state index contributed by atoms with van der Waals surface area (Å²) in [6.07, 6.45) is 10.6. The van der Waals surface area contributed by atoms with E-state index in [1.807, 2.05) is 0 Å². The van der Waals surface area contributed by atoms with E-state index in [0.29, 0.717) is 6.04 Å². The maximum Gasteiger partial charge on any atom is 0.0361 e. The Morgan fingerprint density at radius 3 is 2.83 bits per heavy atom. The second-order valence-corrected chi connectivity index (χ2v) is 5.76. The van der Waals surface area contributed by atoms with Crippen LogP contribution in [0.3, 0.4) is 0 Å². The van der Waals surface area contributed by atoms with E-state index in [-0.39, 0.29) is 0 Å². The van der Waals surface area contributed by atoms with Crippen molar-refractivity contribution in [3.05, 3.63) is 24.0 Å². The zero-order chi connectivity index (χ0) is 12.8. The van der Waals surface area contributed by atoms with Crippen LogP contribution >= 0.6 is 0 Å². The summed E-state index contributed by atoms with van der Waals surface area (Å²) in [6, 6.07) is 5.07. The lowest BCUT2D eigenvalue weighted by atomic mass is 9.84. The van der Waals surface area contributed by atoms with E-state index in [0.717, 1.165) is 19.0 Å². The highest BCUT2D eigenvalue weighted by molar-refractivity contribution is 5.07. The summed E-state index contributed by atoms with van der Waals surface area (Å²) in [5.74, 6) is 0.897. The molecule has 2 heteroatoms. The number of hydrogen-bond acceptors (Lipinski definition) is 1. The van der Waals surface area contributed by atoms with Gasteiger partial charge in [0.1, 0.15) is 0 Å². The Hall–Kier alpha value is -0.760. The monoisotopic (exact) mass is 248 g/mol. The van der Waals surface area contributed by atoms with Crippen LogP contribution in [0, 0.1) is 5.92 Å². The lowest BCUT2D eigenvalue weighted by Crippen LogP contribution is -2.34. The van der Waals surface area contributed by atoms with Crippen LogP contribution in [0.4, 0.5) is 0 Å². The van der Waals surface area contributed by atoms with Gasteiger partial charge in [0.05, 0.1) is 0 Å². The molecule has 1 aliphatic carbocycles. The number of rotatable bonds is 6. The normalized spacial score (nSPS) is 19.0. The van der Waals surface area contributed by atoms with E-state index in [2.05, 4.69) is 42.1 Å². The van der Waals surface area contributed by atoms with Crippen molar-refractivity contribution in [3.63, 3.8) is 0 Å². The molecule has 1 fully saturated rings. The van der Waals surface area contributed by atoms with E-state index in [1.165, 1.54) is 44.2 Å². The maximum absolute atomic E-state index is 3.73. The summed E-state index contributed by atoms with van der Waals surface area (Å²) < 4.78 is 2.38. The first-order valence-electron chi connectivity index (χ1n) is 7.68. The average molecular weight is 248 g/mol. The zero-order valence-electron chi connectivity index (χ0n) is 12.0. The molecule has 18 heavy (non-hydrogen) atoms. The van der Waals surface area contributed by atoms with Crippen LogP contribution in [0.2, 0.25) is 0 Å². The highest BCUT2D eigenvalue weighted by Crippen LogP contribution is 2.26. The molecule has 0 radical (unpaired) electrons. The lowest BCUT2D eigenvalue weighted by Gasteiger charge is -2.28. The molecular formula is C16H28N2. The van der Waals surface area contributed by atoms with Crippen LogP contribution in [0.15, 0.2) is 18.3 Å². The third kappa shape index (κ3) is 3.61. The molecule has 0 spiro atoms. The van der Waals surface area contributed by atoms with E-state index in [9.17, 15) is 0 Å². The molecule has 1 N–H and O–H groups in total. The van der Waals surface area contributed by atoms with Gasteiger partial charge >= 0.3 is 0 Å². The minimum absolute atomic E-state index is 0.662. The molecule has 2 nitrogen and oxygen atoms in total. The smallest absolute Gasteiger partial charge is 0.0361 e. The summed E-state index contributed by atoms with van der Waals surface area (Å²) >= 11 is 0. The molecule has 2 rings (SSSR count). The Kier molecular flexibility index (Phi) is 5.30. The van der Waals surface area contributed by atoms with Gasteiger partial charge in [-0.05, 0) is 44.2 Å². The molecule has 1 aliphatic rings. The summed E-state index contributed by atoms with van der Waals surface area (Å²) in [5, 5.41) is 3.73. The zero-order valence-corrected chi connectivity index (χ0v) is 12.0. The fraction of sp³-hybridized carbons (Fsp3) is 0.750. The highest BCUT2D eigenvalue weighted by Gasteiger charge is 2.19.